The normalized spacial score (nSPS) is 37.1. The third kappa shape index (κ3) is 1.95. The highest BCUT2D eigenvalue weighted by Crippen LogP contribution is 2.28. The van der Waals surface area contributed by atoms with Gasteiger partial charge in [0.05, 0.1) is 0 Å². The Bertz CT molecular complexity index is 203. The van der Waals surface area contributed by atoms with Crippen LogP contribution in [0, 0.1) is 5.92 Å². The quantitative estimate of drug-likeness (QED) is 0.694. The molecular formula is C11H23N3. The average Bonchev–Trinajstić information content (AvgIpc) is 2.45. The zero-order valence-electron chi connectivity index (χ0n) is 9.50. The lowest BCUT2D eigenvalue weighted by molar-refractivity contribution is 0.0931. The highest BCUT2D eigenvalue weighted by Gasteiger charge is 2.37. The minimum absolute atomic E-state index is 0.314. The highest BCUT2D eigenvalue weighted by molar-refractivity contribution is 4.94. The van der Waals surface area contributed by atoms with Gasteiger partial charge >= 0.3 is 0 Å². The molecule has 2 rings (SSSR count). The van der Waals surface area contributed by atoms with E-state index in [1.807, 2.05) is 0 Å². The molecule has 0 aromatic carbocycles. The minimum atomic E-state index is 0.314. The standard InChI is InChI=1S/C11H23N3/c1-11(2)9-13-5-3-10(7-13)8-14(11)6-4-12/h10H,3-9,12H2,1-2H3. The van der Waals surface area contributed by atoms with Crippen LogP contribution in [0.15, 0.2) is 0 Å². The summed E-state index contributed by atoms with van der Waals surface area (Å²) in [4.78, 5) is 5.19. The molecule has 14 heavy (non-hydrogen) atoms. The lowest BCUT2D eigenvalue weighted by Gasteiger charge is -2.40. The van der Waals surface area contributed by atoms with Crippen LogP contribution in [0.5, 0.6) is 0 Å². The fourth-order valence-corrected chi connectivity index (χ4v) is 2.96. The van der Waals surface area contributed by atoms with Crippen molar-refractivity contribution < 1.29 is 0 Å². The van der Waals surface area contributed by atoms with Crippen molar-refractivity contribution in [1.82, 2.24) is 9.80 Å². The molecule has 2 N–H and O–H groups in total. The Balaban J connectivity index is 2.07. The Morgan fingerprint density at radius 3 is 2.86 bits per heavy atom. The summed E-state index contributed by atoms with van der Waals surface area (Å²) in [7, 11) is 0. The molecule has 0 saturated carbocycles. The lowest BCUT2D eigenvalue weighted by atomic mass is 10.00. The van der Waals surface area contributed by atoms with Crippen molar-refractivity contribution in [2.45, 2.75) is 25.8 Å². The SMILES string of the molecule is CC1(C)CN2CCC(C2)CN1CCN. The fraction of sp³-hybridized carbons (Fsp3) is 1.00. The first-order valence-corrected chi connectivity index (χ1v) is 5.79. The predicted molar refractivity (Wildman–Crippen MR) is 59.3 cm³/mol. The Kier molecular flexibility index (Phi) is 2.82. The fourth-order valence-electron chi connectivity index (χ4n) is 2.96. The molecule has 2 bridgehead atoms. The summed E-state index contributed by atoms with van der Waals surface area (Å²) in [6, 6.07) is 0. The Morgan fingerprint density at radius 2 is 2.14 bits per heavy atom. The molecule has 2 atom stereocenters. The van der Waals surface area contributed by atoms with Gasteiger partial charge < -0.3 is 10.6 Å². The van der Waals surface area contributed by atoms with Crippen molar-refractivity contribution in [3.8, 4) is 0 Å². The minimum Gasteiger partial charge on any atom is -0.329 e. The molecular weight excluding hydrogens is 174 g/mol. The van der Waals surface area contributed by atoms with Gasteiger partial charge in [-0.2, -0.15) is 0 Å². The van der Waals surface area contributed by atoms with Crippen molar-refractivity contribution in [2.75, 3.05) is 39.3 Å². The molecule has 3 heteroatoms. The van der Waals surface area contributed by atoms with Crippen molar-refractivity contribution in [1.29, 1.82) is 0 Å². The van der Waals surface area contributed by atoms with Gasteiger partial charge in [0.2, 0.25) is 0 Å². The molecule has 0 aromatic heterocycles. The Labute approximate surface area is 87.2 Å². The number of nitrogens with zero attached hydrogens (tertiary/aromatic N) is 2. The third-order valence-electron chi connectivity index (χ3n) is 3.71. The highest BCUT2D eigenvalue weighted by atomic mass is 15.3. The second-order valence-electron chi connectivity index (χ2n) is 5.44. The second kappa shape index (κ2) is 3.80. The van der Waals surface area contributed by atoms with E-state index in [1.165, 1.54) is 32.6 Å². The van der Waals surface area contributed by atoms with Crippen LogP contribution in [0.3, 0.4) is 0 Å². The third-order valence-corrected chi connectivity index (χ3v) is 3.71. The molecule has 0 spiro atoms. The Hall–Kier alpha value is -0.120. The zero-order valence-corrected chi connectivity index (χ0v) is 9.50. The molecule has 3 nitrogen and oxygen atoms in total. The summed E-state index contributed by atoms with van der Waals surface area (Å²) >= 11 is 0. The zero-order chi connectivity index (χ0) is 10.2. The first-order chi connectivity index (χ1) is 6.62. The van der Waals surface area contributed by atoms with Crippen LogP contribution in [0.1, 0.15) is 20.3 Å². The summed E-state index contributed by atoms with van der Waals surface area (Å²) in [5, 5.41) is 0. The van der Waals surface area contributed by atoms with E-state index >= 15 is 0 Å². The maximum atomic E-state index is 5.67. The number of hydrogen-bond acceptors (Lipinski definition) is 3. The van der Waals surface area contributed by atoms with Crippen LogP contribution < -0.4 is 5.73 Å². The van der Waals surface area contributed by atoms with Crippen LogP contribution in [-0.4, -0.2) is 54.6 Å². The molecule has 2 unspecified atom stereocenters. The van der Waals surface area contributed by atoms with Gasteiger partial charge in [0.15, 0.2) is 0 Å². The van der Waals surface area contributed by atoms with Gasteiger partial charge in [-0.1, -0.05) is 0 Å². The van der Waals surface area contributed by atoms with Gasteiger partial charge in [0.25, 0.3) is 0 Å². The van der Waals surface area contributed by atoms with Gasteiger partial charge in [-0.3, -0.25) is 4.90 Å². The molecule has 82 valence electrons. The summed E-state index contributed by atoms with van der Waals surface area (Å²) in [5.41, 5.74) is 5.99. The van der Waals surface area contributed by atoms with Gasteiger partial charge in [0, 0.05) is 38.3 Å². The molecule has 2 heterocycles. The monoisotopic (exact) mass is 197 g/mol. The number of hydrogen-bond donors (Lipinski definition) is 1. The van der Waals surface area contributed by atoms with Crippen LogP contribution in [0.2, 0.25) is 0 Å². The van der Waals surface area contributed by atoms with Crippen LogP contribution in [-0.2, 0) is 0 Å². The first kappa shape index (κ1) is 10.4. The van der Waals surface area contributed by atoms with Gasteiger partial charge in [-0.25, -0.2) is 0 Å². The molecule has 2 fully saturated rings. The van der Waals surface area contributed by atoms with E-state index in [2.05, 4.69) is 23.6 Å². The molecule has 2 aliphatic rings. The summed E-state index contributed by atoms with van der Waals surface area (Å²) in [6.45, 7) is 11.6. The molecule has 0 aliphatic carbocycles. The van der Waals surface area contributed by atoms with Gasteiger partial charge in [-0.05, 0) is 32.7 Å². The first-order valence-electron chi connectivity index (χ1n) is 5.79. The predicted octanol–water partition coefficient (Wildman–Crippen LogP) is 0.361. The number of rotatable bonds is 2. The maximum Gasteiger partial charge on any atom is 0.0280 e. The average molecular weight is 197 g/mol. The van der Waals surface area contributed by atoms with Gasteiger partial charge in [0.1, 0.15) is 0 Å². The van der Waals surface area contributed by atoms with E-state index in [0.717, 1.165) is 19.0 Å². The topological polar surface area (TPSA) is 32.5 Å². The lowest BCUT2D eigenvalue weighted by Crippen LogP contribution is -2.52. The second-order valence-corrected chi connectivity index (χ2v) is 5.44. The van der Waals surface area contributed by atoms with Crippen molar-refractivity contribution in [3.05, 3.63) is 0 Å². The van der Waals surface area contributed by atoms with E-state index in [1.54, 1.807) is 0 Å². The van der Waals surface area contributed by atoms with Crippen molar-refractivity contribution in [2.24, 2.45) is 11.7 Å². The van der Waals surface area contributed by atoms with Crippen molar-refractivity contribution in [3.63, 3.8) is 0 Å². The Morgan fingerprint density at radius 1 is 1.36 bits per heavy atom. The van der Waals surface area contributed by atoms with E-state index in [9.17, 15) is 0 Å². The summed E-state index contributed by atoms with van der Waals surface area (Å²) < 4.78 is 0. The van der Waals surface area contributed by atoms with E-state index < -0.39 is 0 Å². The van der Waals surface area contributed by atoms with E-state index in [-0.39, 0.29) is 0 Å². The van der Waals surface area contributed by atoms with E-state index in [0.29, 0.717) is 5.54 Å². The van der Waals surface area contributed by atoms with Crippen LogP contribution in [0.25, 0.3) is 0 Å². The molecule has 0 radical (unpaired) electrons. The molecule has 2 aliphatic heterocycles. The summed E-state index contributed by atoms with van der Waals surface area (Å²) in [6.07, 6.45) is 1.39. The van der Waals surface area contributed by atoms with Crippen LogP contribution >= 0.6 is 0 Å². The molecule has 0 amide bonds. The van der Waals surface area contributed by atoms with Crippen molar-refractivity contribution >= 4 is 0 Å². The maximum absolute atomic E-state index is 5.67. The largest absolute Gasteiger partial charge is 0.329 e. The van der Waals surface area contributed by atoms with Gasteiger partial charge in [-0.15, -0.1) is 0 Å². The smallest absolute Gasteiger partial charge is 0.0280 e. The number of fused-ring (bicyclic) bond motifs is 2. The molecule has 0 aromatic rings. The van der Waals surface area contributed by atoms with Crippen LogP contribution in [0.4, 0.5) is 0 Å². The van der Waals surface area contributed by atoms with E-state index in [4.69, 9.17) is 5.73 Å². The number of nitrogens with two attached hydrogens (primary N) is 1. The summed E-state index contributed by atoms with van der Waals surface area (Å²) in [5.74, 6) is 0.892. The molecule has 2 saturated heterocycles.